The predicted octanol–water partition coefficient (Wildman–Crippen LogP) is 6.64. The molecule has 4 heteroatoms. The van der Waals surface area contributed by atoms with E-state index in [0.717, 1.165) is 34.9 Å². The highest BCUT2D eigenvalue weighted by Gasteiger charge is 2.28. The number of hydrogen-bond acceptors (Lipinski definition) is 3. The van der Waals surface area contributed by atoms with Crippen molar-refractivity contribution in [2.75, 3.05) is 11.9 Å². The van der Waals surface area contributed by atoms with Gasteiger partial charge >= 0.3 is 0 Å². The number of pyridine rings is 1. The third-order valence-electron chi connectivity index (χ3n) is 4.92. The number of nitrogens with zero attached hydrogens (tertiary/aromatic N) is 2. The van der Waals surface area contributed by atoms with E-state index in [0.29, 0.717) is 6.61 Å². The van der Waals surface area contributed by atoms with Gasteiger partial charge in [0.25, 0.3) is 0 Å². The van der Waals surface area contributed by atoms with Crippen molar-refractivity contribution in [2.24, 2.45) is 5.41 Å². The molecule has 2 heterocycles. The van der Waals surface area contributed by atoms with Crippen LogP contribution in [0.15, 0.2) is 36.4 Å². The van der Waals surface area contributed by atoms with Gasteiger partial charge in [0, 0.05) is 16.8 Å². The van der Waals surface area contributed by atoms with Gasteiger partial charge in [0.05, 0.1) is 6.61 Å². The molecule has 2 aromatic heterocycles. The van der Waals surface area contributed by atoms with Crippen molar-refractivity contribution >= 4 is 11.5 Å². The first-order valence-corrected chi connectivity index (χ1v) is 10.5. The van der Waals surface area contributed by atoms with Crippen LogP contribution in [0.5, 0.6) is 5.75 Å². The summed E-state index contributed by atoms with van der Waals surface area (Å²) in [5.74, 6) is 1.94. The first kappa shape index (κ1) is 21.2. The molecule has 0 bridgehead atoms. The Morgan fingerprint density at radius 3 is 2.24 bits per heavy atom. The lowest BCUT2D eigenvalue weighted by Gasteiger charge is -2.34. The molecule has 0 atom stereocenters. The summed E-state index contributed by atoms with van der Waals surface area (Å²) in [5.41, 5.74) is 5.58. The minimum Gasteiger partial charge on any atom is -0.494 e. The first-order chi connectivity index (χ1) is 13.5. The second-order valence-corrected chi connectivity index (χ2v) is 9.88. The molecule has 4 nitrogen and oxygen atoms in total. The number of imidazole rings is 1. The predicted molar refractivity (Wildman–Crippen MR) is 123 cm³/mol. The first-order valence-electron chi connectivity index (χ1n) is 10.5. The third-order valence-corrected chi connectivity index (χ3v) is 4.92. The van der Waals surface area contributed by atoms with Gasteiger partial charge in [0.15, 0.2) is 0 Å². The molecular formula is C25H35N3O. The molecule has 156 valence electrons. The maximum atomic E-state index is 5.61. The Bertz CT molecular complexity index is 992. The summed E-state index contributed by atoms with van der Waals surface area (Å²) < 4.78 is 7.85. The molecule has 1 aromatic carbocycles. The minimum absolute atomic E-state index is 0.0778. The van der Waals surface area contributed by atoms with Gasteiger partial charge in [-0.05, 0) is 88.4 Å². The summed E-state index contributed by atoms with van der Waals surface area (Å²) in [5, 5.41) is 3.83. The van der Waals surface area contributed by atoms with Crippen LogP contribution in [0.3, 0.4) is 0 Å². The largest absolute Gasteiger partial charge is 0.494 e. The molecular weight excluding hydrogens is 358 g/mol. The molecule has 0 saturated carbocycles. The minimum atomic E-state index is -0.0778. The van der Waals surface area contributed by atoms with E-state index in [-0.39, 0.29) is 11.0 Å². The number of nitrogens with one attached hydrogen (secondary N) is 1. The summed E-state index contributed by atoms with van der Waals surface area (Å²) in [4.78, 5) is 5.02. The summed E-state index contributed by atoms with van der Waals surface area (Å²) in [7, 11) is 0. The highest BCUT2D eigenvalue weighted by atomic mass is 16.5. The lowest BCUT2D eigenvalue weighted by atomic mass is 9.82. The van der Waals surface area contributed by atoms with E-state index in [2.05, 4.69) is 82.4 Å². The SMILES string of the molecule is CCOc1ccc(-c2nc3cc(C)cc(C)n3c2NC(C)(C)CC(C)(C)C)cc1. The van der Waals surface area contributed by atoms with E-state index in [4.69, 9.17) is 9.72 Å². The summed E-state index contributed by atoms with van der Waals surface area (Å²) in [6, 6.07) is 12.6. The normalized spacial score (nSPS) is 12.4. The topological polar surface area (TPSA) is 38.6 Å². The van der Waals surface area contributed by atoms with Crippen molar-refractivity contribution in [2.45, 2.75) is 67.3 Å². The molecule has 0 unspecified atom stereocenters. The zero-order valence-electron chi connectivity index (χ0n) is 19.2. The van der Waals surface area contributed by atoms with Crippen molar-refractivity contribution in [3.05, 3.63) is 47.7 Å². The average molecular weight is 394 g/mol. The molecule has 0 saturated heterocycles. The van der Waals surface area contributed by atoms with Gasteiger partial charge in [0.2, 0.25) is 0 Å². The maximum absolute atomic E-state index is 5.61. The lowest BCUT2D eigenvalue weighted by molar-refractivity contribution is 0.302. The van der Waals surface area contributed by atoms with Gasteiger partial charge in [-0.3, -0.25) is 4.40 Å². The Morgan fingerprint density at radius 1 is 1.00 bits per heavy atom. The molecule has 29 heavy (non-hydrogen) atoms. The van der Waals surface area contributed by atoms with Crippen LogP contribution in [0.1, 0.15) is 59.2 Å². The van der Waals surface area contributed by atoms with Crippen molar-refractivity contribution in [1.29, 1.82) is 0 Å². The second kappa shape index (κ2) is 7.74. The molecule has 0 radical (unpaired) electrons. The quantitative estimate of drug-likeness (QED) is 0.510. The van der Waals surface area contributed by atoms with Crippen LogP contribution in [0.2, 0.25) is 0 Å². The Kier molecular flexibility index (Phi) is 5.66. The van der Waals surface area contributed by atoms with Crippen LogP contribution in [-0.4, -0.2) is 21.5 Å². The smallest absolute Gasteiger partial charge is 0.139 e. The second-order valence-electron chi connectivity index (χ2n) is 9.88. The number of ether oxygens (including phenoxy) is 1. The van der Waals surface area contributed by atoms with Crippen molar-refractivity contribution < 1.29 is 4.74 Å². The number of aryl methyl sites for hydroxylation is 2. The summed E-state index contributed by atoms with van der Waals surface area (Å²) in [6.45, 7) is 18.3. The monoisotopic (exact) mass is 393 g/mol. The maximum Gasteiger partial charge on any atom is 0.139 e. The van der Waals surface area contributed by atoms with E-state index in [1.807, 2.05) is 19.1 Å². The van der Waals surface area contributed by atoms with Crippen LogP contribution in [0, 0.1) is 19.3 Å². The molecule has 3 rings (SSSR count). The summed E-state index contributed by atoms with van der Waals surface area (Å²) in [6.07, 6.45) is 1.04. The molecule has 0 spiro atoms. The Labute approximate surface area is 175 Å². The zero-order chi connectivity index (χ0) is 21.4. The number of anilines is 1. The number of fused-ring (bicyclic) bond motifs is 1. The van der Waals surface area contributed by atoms with Gasteiger partial charge in [-0.2, -0.15) is 0 Å². The van der Waals surface area contributed by atoms with Gasteiger partial charge in [-0.15, -0.1) is 0 Å². The van der Waals surface area contributed by atoms with Crippen LogP contribution < -0.4 is 10.1 Å². The van der Waals surface area contributed by atoms with E-state index in [1.54, 1.807) is 0 Å². The van der Waals surface area contributed by atoms with Crippen LogP contribution >= 0.6 is 0 Å². The van der Waals surface area contributed by atoms with Gasteiger partial charge in [-0.25, -0.2) is 4.98 Å². The average Bonchev–Trinajstić information content (AvgIpc) is 2.91. The number of aromatic nitrogens is 2. The fraction of sp³-hybridized carbons (Fsp3) is 0.480. The number of rotatable bonds is 6. The van der Waals surface area contributed by atoms with Crippen LogP contribution in [-0.2, 0) is 0 Å². The van der Waals surface area contributed by atoms with Crippen molar-refractivity contribution in [3.63, 3.8) is 0 Å². The van der Waals surface area contributed by atoms with Crippen molar-refractivity contribution in [3.8, 4) is 17.0 Å². The Morgan fingerprint density at radius 2 is 1.66 bits per heavy atom. The van der Waals surface area contributed by atoms with Gasteiger partial charge < -0.3 is 10.1 Å². The third kappa shape index (κ3) is 4.92. The molecule has 0 amide bonds. The van der Waals surface area contributed by atoms with Gasteiger partial charge in [0.1, 0.15) is 22.9 Å². The standard InChI is InChI=1S/C25H35N3O/c1-9-29-20-12-10-19(11-13-20)22-23(27-25(7,8)16-24(4,5)6)28-18(3)14-17(2)15-21(28)26-22/h10-15,27H,9,16H2,1-8H3. The Hall–Kier alpha value is -2.49. The fourth-order valence-electron chi connectivity index (χ4n) is 4.41. The van der Waals surface area contributed by atoms with Crippen LogP contribution in [0.25, 0.3) is 16.9 Å². The van der Waals surface area contributed by atoms with Gasteiger partial charge in [-0.1, -0.05) is 20.8 Å². The molecule has 0 aliphatic rings. The van der Waals surface area contributed by atoms with Crippen LogP contribution in [0.4, 0.5) is 5.82 Å². The lowest BCUT2D eigenvalue weighted by Crippen LogP contribution is -2.36. The number of hydrogen-bond donors (Lipinski definition) is 1. The van der Waals surface area contributed by atoms with E-state index in [9.17, 15) is 0 Å². The molecule has 0 fully saturated rings. The number of benzene rings is 1. The molecule has 3 aromatic rings. The summed E-state index contributed by atoms with van der Waals surface area (Å²) >= 11 is 0. The van der Waals surface area contributed by atoms with E-state index in [1.165, 1.54) is 11.3 Å². The van der Waals surface area contributed by atoms with E-state index >= 15 is 0 Å². The molecule has 0 aliphatic heterocycles. The highest BCUT2D eigenvalue weighted by molar-refractivity contribution is 5.78. The van der Waals surface area contributed by atoms with Crippen molar-refractivity contribution in [1.82, 2.24) is 9.38 Å². The molecule has 1 N–H and O–H groups in total. The fourth-order valence-corrected chi connectivity index (χ4v) is 4.41. The molecule has 0 aliphatic carbocycles. The van der Waals surface area contributed by atoms with E-state index < -0.39 is 0 Å². The highest BCUT2D eigenvalue weighted by Crippen LogP contribution is 2.36. The zero-order valence-corrected chi connectivity index (χ0v) is 19.2. The Balaban J connectivity index is 2.14.